The summed E-state index contributed by atoms with van der Waals surface area (Å²) in [5, 5.41) is 4.18. The second-order valence-corrected chi connectivity index (χ2v) is 6.84. The molecule has 0 atom stereocenters. The van der Waals surface area contributed by atoms with Crippen LogP contribution in [0.1, 0.15) is 0 Å². The van der Waals surface area contributed by atoms with Crippen molar-refractivity contribution < 1.29 is 19.0 Å². The SMILES string of the molecule is C=CC(=O)OC(COc1cccc2ccccc12)COc1cccc2ccccc12. The predicted octanol–water partition coefficient (Wildman–Crippen LogP) is 5.55. The highest BCUT2D eigenvalue weighted by Gasteiger charge is 2.16. The van der Waals surface area contributed by atoms with Crippen LogP contribution in [-0.2, 0) is 9.53 Å². The highest BCUT2D eigenvalue weighted by atomic mass is 16.6. The molecule has 0 saturated heterocycles. The minimum absolute atomic E-state index is 0.165. The molecule has 0 amide bonds. The van der Waals surface area contributed by atoms with Crippen molar-refractivity contribution in [2.45, 2.75) is 6.10 Å². The first-order valence-corrected chi connectivity index (χ1v) is 9.79. The van der Waals surface area contributed by atoms with E-state index in [1.54, 1.807) is 0 Å². The summed E-state index contributed by atoms with van der Waals surface area (Å²) in [5.74, 6) is 0.957. The number of hydrogen-bond donors (Lipinski definition) is 0. The lowest BCUT2D eigenvalue weighted by Gasteiger charge is -2.19. The maximum atomic E-state index is 11.8. The zero-order valence-electron chi connectivity index (χ0n) is 16.5. The molecule has 4 rings (SSSR count). The Kier molecular flexibility index (Phi) is 5.95. The van der Waals surface area contributed by atoms with Gasteiger partial charge in [-0.15, -0.1) is 0 Å². The first kappa shape index (κ1) is 19.5. The lowest BCUT2D eigenvalue weighted by molar-refractivity contribution is -0.146. The summed E-state index contributed by atoms with van der Waals surface area (Å²) in [6.45, 7) is 3.81. The Labute approximate surface area is 175 Å². The number of carbonyl (C=O) groups excluding carboxylic acids is 1. The Hall–Kier alpha value is -3.79. The topological polar surface area (TPSA) is 44.8 Å². The van der Waals surface area contributed by atoms with E-state index in [9.17, 15) is 4.79 Å². The molecule has 0 fully saturated rings. The maximum absolute atomic E-state index is 11.8. The third kappa shape index (κ3) is 4.44. The number of carbonyl (C=O) groups is 1. The second-order valence-electron chi connectivity index (χ2n) is 6.84. The molecule has 30 heavy (non-hydrogen) atoms. The van der Waals surface area contributed by atoms with E-state index in [-0.39, 0.29) is 13.2 Å². The van der Waals surface area contributed by atoms with E-state index >= 15 is 0 Å². The molecule has 0 aliphatic carbocycles. The molecule has 4 aromatic rings. The maximum Gasteiger partial charge on any atom is 0.330 e. The molecule has 0 spiro atoms. The lowest BCUT2D eigenvalue weighted by atomic mass is 10.1. The predicted molar refractivity (Wildman–Crippen MR) is 119 cm³/mol. The molecule has 4 heteroatoms. The fraction of sp³-hybridized carbons (Fsp3) is 0.115. The van der Waals surface area contributed by atoms with Gasteiger partial charge in [0, 0.05) is 16.8 Å². The summed E-state index contributed by atoms with van der Waals surface area (Å²) in [5.41, 5.74) is 0. The zero-order valence-corrected chi connectivity index (χ0v) is 16.5. The number of rotatable bonds is 8. The highest BCUT2D eigenvalue weighted by molar-refractivity contribution is 5.89. The molecule has 0 saturated carbocycles. The fourth-order valence-corrected chi connectivity index (χ4v) is 3.34. The first-order valence-electron chi connectivity index (χ1n) is 9.79. The Morgan fingerprint density at radius 3 is 1.70 bits per heavy atom. The van der Waals surface area contributed by atoms with Crippen LogP contribution < -0.4 is 9.47 Å². The molecule has 0 aliphatic heterocycles. The molecule has 0 aliphatic rings. The average molecular weight is 398 g/mol. The van der Waals surface area contributed by atoms with E-state index in [0.717, 1.165) is 39.1 Å². The van der Waals surface area contributed by atoms with Crippen molar-refractivity contribution in [2.75, 3.05) is 13.2 Å². The van der Waals surface area contributed by atoms with E-state index in [0.29, 0.717) is 0 Å². The van der Waals surface area contributed by atoms with Gasteiger partial charge in [-0.25, -0.2) is 4.79 Å². The molecule has 0 bridgehead atoms. The van der Waals surface area contributed by atoms with Gasteiger partial charge in [0.05, 0.1) is 0 Å². The molecule has 0 heterocycles. The van der Waals surface area contributed by atoms with Gasteiger partial charge in [-0.05, 0) is 22.9 Å². The summed E-state index contributed by atoms with van der Waals surface area (Å²) in [6.07, 6.45) is 0.552. The van der Waals surface area contributed by atoms with Crippen LogP contribution in [0.3, 0.4) is 0 Å². The van der Waals surface area contributed by atoms with Crippen LogP contribution in [-0.4, -0.2) is 25.3 Å². The third-order valence-corrected chi connectivity index (χ3v) is 4.80. The monoisotopic (exact) mass is 398 g/mol. The molecule has 0 aromatic heterocycles. The molecule has 0 radical (unpaired) electrons. The van der Waals surface area contributed by atoms with Crippen LogP contribution >= 0.6 is 0 Å². The summed E-state index contributed by atoms with van der Waals surface area (Å²) in [4.78, 5) is 11.8. The molecule has 4 nitrogen and oxygen atoms in total. The van der Waals surface area contributed by atoms with E-state index in [2.05, 4.69) is 6.58 Å². The van der Waals surface area contributed by atoms with Crippen molar-refractivity contribution in [3.63, 3.8) is 0 Å². The van der Waals surface area contributed by atoms with Gasteiger partial charge in [-0.2, -0.15) is 0 Å². The van der Waals surface area contributed by atoms with Crippen molar-refractivity contribution in [2.24, 2.45) is 0 Å². The van der Waals surface area contributed by atoms with Crippen molar-refractivity contribution in [3.8, 4) is 11.5 Å². The van der Waals surface area contributed by atoms with Gasteiger partial charge < -0.3 is 14.2 Å². The number of hydrogen-bond acceptors (Lipinski definition) is 4. The van der Waals surface area contributed by atoms with Gasteiger partial charge in [-0.1, -0.05) is 79.4 Å². The van der Waals surface area contributed by atoms with E-state index in [1.165, 1.54) is 0 Å². The number of fused-ring (bicyclic) bond motifs is 2. The number of ether oxygens (including phenoxy) is 3. The Morgan fingerprint density at radius 1 is 0.733 bits per heavy atom. The molecule has 0 N–H and O–H groups in total. The standard InChI is InChI=1S/C26H22O4/c1-2-26(27)30-21(17-28-24-15-7-11-19-9-3-5-13-22(19)24)18-29-25-16-8-12-20-10-4-6-14-23(20)25/h2-16,21H,1,17-18H2. The molecular formula is C26H22O4. The summed E-state index contributed by atoms with van der Waals surface area (Å²) in [6, 6.07) is 27.7. The Balaban J connectivity index is 1.50. The van der Waals surface area contributed by atoms with Gasteiger partial charge in [-0.3, -0.25) is 0 Å². The summed E-state index contributed by atoms with van der Waals surface area (Å²) in [7, 11) is 0. The van der Waals surface area contributed by atoms with Gasteiger partial charge in [0.25, 0.3) is 0 Å². The fourth-order valence-electron chi connectivity index (χ4n) is 3.34. The van der Waals surface area contributed by atoms with Gasteiger partial charge in [0.1, 0.15) is 24.7 Å². The first-order chi connectivity index (χ1) is 14.7. The minimum Gasteiger partial charge on any atom is -0.489 e. The van der Waals surface area contributed by atoms with Gasteiger partial charge >= 0.3 is 5.97 Å². The van der Waals surface area contributed by atoms with Crippen LogP contribution in [0.25, 0.3) is 21.5 Å². The van der Waals surface area contributed by atoms with Crippen LogP contribution in [0.5, 0.6) is 11.5 Å². The van der Waals surface area contributed by atoms with Gasteiger partial charge in [0.15, 0.2) is 6.10 Å². The molecule has 0 unspecified atom stereocenters. The quantitative estimate of drug-likeness (QED) is 0.288. The van der Waals surface area contributed by atoms with Crippen molar-refractivity contribution in [3.05, 3.63) is 97.6 Å². The van der Waals surface area contributed by atoms with Crippen molar-refractivity contribution >= 4 is 27.5 Å². The number of esters is 1. The van der Waals surface area contributed by atoms with Crippen LogP contribution in [0.2, 0.25) is 0 Å². The summed E-state index contributed by atoms with van der Waals surface area (Å²) < 4.78 is 17.5. The summed E-state index contributed by atoms with van der Waals surface area (Å²) >= 11 is 0. The smallest absolute Gasteiger partial charge is 0.330 e. The van der Waals surface area contributed by atoms with Crippen molar-refractivity contribution in [1.82, 2.24) is 0 Å². The largest absolute Gasteiger partial charge is 0.489 e. The second kappa shape index (κ2) is 9.14. The van der Waals surface area contributed by atoms with Crippen LogP contribution in [0.4, 0.5) is 0 Å². The van der Waals surface area contributed by atoms with Crippen LogP contribution in [0.15, 0.2) is 97.6 Å². The van der Waals surface area contributed by atoms with E-state index in [1.807, 2.05) is 84.9 Å². The minimum atomic E-state index is -0.589. The van der Waals surface area contributed by atoms with Crippen molar-refractivity contribution in [1.29, 1.82) is 0 Å². The zero-order chi connectivity index (χ0) is 20.8. The van der Waals surface area contributed by atoms with E-state index in [4.69, 9.17) is 14.2 Å². The average Bonchev–Trinajstić information content (AvgIpc) is 2.80. The normalized spacial score (nSPS) is 10.8. The van der Waals surface area contributed by atoms with Crippen LogP contribution in [0, 0.1) is 0 Å². The Bertz CT molecular complexity index is 1090. The molecule has 4 aromatic carbocycles. The molecular weight excluding hydrogens is 376 g/mol. The van der Waals surface area contributed by atoms with Gasteiger partial charge in [0.2, 0.25) is 0 Å². The van der Waals surface area contributed by atoms with E-state index < -0.39 is 12.1 Å². The third-order valence-electron chi connectivity index (χ3n) is 4.80. The Morgan fingerprint density at radius 2 is 1.20 bits per heavy atom. The highest BCUT2D eigenvalue weighted by Crippen LogP contribution is 2.27. The lowest BCUT2D eigenvalue weighted by Crippen LogP contribution is -2.30. The molecule has 150 valence electrons. The number of benzene rings is 4.